The SMILES string of the molecule is COC(=O)C1CN(c2ccccc2)C(=O)C1=Nc1ccccc1. The van der Waals surface area contributed by atoms with Crippen LogP contribution in [0.15, 0.2) is 65.7 Å². The van der Waals surface area contributed by atoms with Crippen LogP contribution in [0, 0.1) is 5.92 Å². The van der Waals surface area contributed by atoms with Crippen LogP contribution in [0.3, 0.4) is 0 Å². The molecule has 1 unspecified atom stereocenters. The van der Waals surface area contributed by atoms with Gasteiger partial charge in [-0.05, 0) is 24.3 Å². The van der Waals surface area contributed by atoms with Gasteiger partial charge in [0, 0.05) is 12.2 Å². The molecule has 0 saturated carbocycles. The first-order valence-corrected chi connectivity index (χ1v) is 7.29. The summed E-state index contributed by atoms with van der Waals surface area (Å²) in [6, 6.07) is 18.4. The van der Waals surface area contributed by atoms with Crippen molar-refractivity contribution in [2.45, 2.75) is 0 Å². The Bertz CT molecular complexity index is 741. The zero-order valence-electron chi connectivity index (χ0n) is 12.7. The van der Waals surface area contributed by atoms with Gasteiger partial charge in [-0.3, -0.25) is 9.59 Å². The first-order valence-electron chi connectivity index (χ1n) is 7.29. The van der Waals surface area contributed by atoms with Gasteiger partial charge in [0.1, 0.15) is 11.6 Å². The molecule has 5 nitrogen and oxygen atoms in total. The fraction of sp³-hybridized carbons (Fsp3) is 0.167. The lowest BCUT2D eigenvalue weighted by Gasteiger charge is -2.15. The second-order valence-corrected chi connectivity index (χ2v) is 5.16. The molecule has 1 atom stereocenters. The van der Waals surface area contributed by atoms with Crippen molar-refractivity contribution in [1.29, 1.82) is 0 Å². The number of methoxy groups -OCH3 is 1. The van der Waals surface area contributed by atoms with Gasteiger partial charge in [-0.15, -0.1) is 0 Å². The molecule has 0 bridgehead atoms. The number of amides is 1. The normalized spacial score (nSPS) is 19.2. The highest BCUT2D eigenvalue weighted by atomic mass is 16.5. The van der Waals surface area contributed by atoms with E-state index in [0.717, 1.165) is 5.69 Å². The number of benzene rings is 2. The first-order chi connectivity index (χ1) is 11.2. The maximum absolute atomic E-state index is 12.7. The predicted octanol–water partition coefficient (Wildman–Crippen LogP) is 2.60. The number of anilines is 1. The van der Waals surface area contributed by atoms with Crippen molar-refractivity contribution < 1.29 is 14.3 Å². The Labute approximate surface area is 134 Å². The predicted molar refractivity (Wildman–Crippen MR) is 87.8 cm³/mol. The van der Waals surface area contributed by atoms with Gasteiger partial charge >= 0.3 is 5.97 Å². The van der Waals surface area contributed by atoms with E-state index in [0.29, 0.717) is 5.69 Å². The number of esters is 1. The van der Waals surface area contributed by atoms with Crippen LogP contribution < -0.4 is 4.90 Å². The third kappa shape index (κ3) is 2.99. The zero-order valence-corrected chi connectivity index (χ0v) is 12.7. The molecule has 0 radical (unpaired) electrons. The number of ether oxygens (including phenoxy) is 1. The van der Waals surface area contributed by atoms with E-state index in [1.165, 1.54) is 7.11 Å². The lowest BCUT2D eigenvalue weighted by Crippen LogP contribution is -2.26. The molecule has 116 valence electrons. The van der Waals surface area contributed by atoms with Gasteiger partial charge in [-0.2, -0.15) is 0 Å². The summed E-state index contributed by atoms with van der Waals surface area (Å²) in [5, 5.41) is 0. The first kappa shape index (κ1) is 15.0. The van der Waals surface area contributed by atoms with Gasteiger partial charge in [0.25, 0.3) is 5.91 Å². The Hall–Kier alpha value is -2.95. The van der Waals surface area contributed by atoms with Crippen molar-refractivity contribution in [1.82, 2.24) is 0 Å². The smallest absolute Gasteiger partial charge is 0.316 e. The van der Waals surface area contributed by atoms with Gasteiger partial charge < -0.3 is 9.64 Å². The topological polar surface area (TPSA) is 59.0 Å². The number of rotatable bonds is 3. The molecule has 1 heterocycles. The Morgan fingerprint density at radius 3 is 2.30 bits per heavy atom. The molecule has 5 heteroatoms. The van der Waals surface area contributed by atoms with Gasteiger partial charge in [0.2, 0.25) is 0 Å². The quantitative estimate of drug-likeness (QED) is 0.819. The minimum absolute atomic E-state index is 0.215. The molecule has 0 spiro atoms. The maximum Gasteiger partial charge on any atom is 0.316 e. The van der Waals surface area contributed by atoms with E-state index >= 15 is 0 Å². The van der Waals surface area contributed by atoms with Gasteiger partial charge in [-0.1, -0.05) is 36.4 Å². The third-order valence-electron chi connectivity index (χ3n) is 3.72. The van der Waals surface area contributed by atoms with E-state index < -0.39 is 11.9 Å². The van der Waals surface area contributed by atoms with Crippen molar-refractivity contribution >= 4 is 29.0 Å². The van der Waals surface area contributed by atoms with Crippen LogP contribution >= 0.6 is 0 Å². The molecular weight excluding hydrogens is 292 g/mol. The summed E-state index contributed by atoms with van der Waals surface area (Å²) in [5.41, 5.74) is 1.59. The van der Waals surface area contributed by atoms with E-state index in [9.17, 15) is 9.59 Å². The van der Waals surface area contributed by atoms with Crippen LogP contribution in [0.25, 0.3) is 0 Å². The lowest BCUT2D eigenvalue weighted by atomic mass is 10.1. The van der Waals surface area contributed by atoms with Crippen LogP contribution in [0.1, 0.15) is 0 Å². The highest BCUT2D eigenvalue weighted by molar-refractivity contribution is 6.50. The largest absolute Gasteiger partial charge is 0.468 e. The molecule has 3 rings (SSSR count). The molecular formula is C18H16N2O3. The number of hydrogen-bond acceptors (Lipinski definition) is 4. The minimum atomic E-state index is -0.687. The number of aliphatic imine (C=N–C) groups is 1. The Balaban J connectivity index is 2.00. The van der Waals surface area contributed by atoms with Crippen molar-refractivity contribution in [3.8, 4) is 0 Å². The number of carbonyl (C=O) groups is 2. The fourth-order valence-electron chi connectivity index (χ4n) is 2.57. The van der Waals surface area contributed by atoms with Crippen molar-refractivity contribution in [3.05, 3.63) is 60.7 Å². The average molecular weight is 308 g/mol. The van der Waals surface area contributed by atoms with E-state index in [4.69, 9.17) is 4.74 Å². The number of carbonyl (C=O) groups excluding carboxylic acids is 2. The van der Waals surface area contributed by atoms with Crippen LogP contribution in [-0.2, 0) is 14.3 Å². The van der Waals surface area contributed by atoms with E-state index in [1.54, 1.807) is 17.0 Å². The fourth-order valence-corrected chi connectivity index (χ4v) is 2.57. The summed E-state index contributed by atoms with van der Waals surface area (Å²) >= 11 is 0. The van der Waals surface area contributed by atoms with Crippen LogP contribution in [0.2, 0.25) is 0 Å². The average Bonchev–Trinajstić information content (AvgIpc) is 2.93. The highest BCUT2D eigenvalue weighted by Gasteiger charge is 2.42. The third-order valence-corrected chi connectivity index (χ3v) is 3.72. The molecule has 2 aromatic carbocycles. The molecule has 1 aliphatic rings. The van der Waals surface area contributed by atoms with Crippen LogP contribution in [0.5, 0.6) is 0 Å². The molecule has 23 heavy (non-hydrogen) atoms. The van der Waals surface area contributed by atoms with Crippen molar-refractivity contribution in [2.75, 3.05) is 18.6 Å². The minimum Gasteiger partial charge on any atom is -0.468 e. The molecule has 0 N–H and O–H groups in total. The molecule has 2 aromatic rings. The van der Waals surface area contributed by atoms with E-state index in [1.807, 2.05) is 48.5 Å². The summed E-state index contributed by atoms with van der Waals surface area (Å²) in [6.07, 6.45) is 0. The summed E-state index contributed by atoms with van der Waals surface area (Å²) < 4.78 is 4.84. The lowest BCUT2D eigenvalue weighted by molar-refractivity contribution is -0.142. The molecule has 1 aliphatic heterocycles. The maximum atomic E-state index is 12.7. The Kier molecular flexibility index (Phi) is 4.19. The molecule has 1 fully saturated rings. The molecule has 1 saturated heterocycles. The summed E-state index contributed by atoms with van der Waals surface area (Å²) in [4.78, 5) is 30.7. The van der Waals surface area contributed by atoms with Gasteiger partial charge in [0.05, 0.1) is 12.8 Å². The van der Waals surface area contributed by atoms with Crippen LogP contribution in [-0.4, -0.2) is 31.2 Å². The number of hydrogen-bond donors (Lipinski definition) is 0. The van der Waals surface area contributed by atoms with Gasteiger partial charge in [-0.25, -0.2) is 4.99 Å². The van der Waals surface area contributed by atoms with Crippen molar-refractivity contribution in [3.63, 3.8) is 0 Å². The second kappa shape index (κ2) is 6.44. The highest BCUT2D eigenvalue weighted by Crippen LogP contribution is 2.26. The van der Waals surface area contributed by atoms with Crippen molar-refractivity contribution in [2.24, 2.45) is 10.9 Å². The van der Waals surface area contributed by atoms with Gasteiger partial charge in [0.15, 0.2) is 0 Å². The Morgan fingerprint density at radius 2 is 1.70 bits per heavy atom. The van der Waals surface area contributed by atoms with E-state index in [-0.39, 0.29) is 18.2 Å². The monoisotopic (exact) mass is 308 g/mol. The number of nitrogens with zero attached hydrogens (tertiary/aromatic N) is 2. The zero-order chi connectivity index (χ0) is 16.2. The molecule has 0 aliphatic carbocycles. The summed E-state index contributed by atoms with van der Waals surface area (Å²) in [5.74, 6) is -1.41. The second-order valence-electron chi connectivity index (χ2n) is 5.16. The standard InChI is InChI=1S/C18H16N2O3/c1-23-18(22)15-12-20(14-10-6-3-7-11-14)17(21)16(15)19-13-8-4-2-5-9-13/h2-11,15H,12H2,1H3. The Morgan fingerprint density at radius 1 is 1.09 bits per heavy atom. The van der Waals surface area contributed by atoms with Crippen LogP contribution in [0.4, 0.5) is 11.4 Å². The summed E-state index contributed by atoms with van der Waals surface area (Å²) in [6.45, 7) is 0.237. The molecule has 1 amide bonds. The van der Waals surface area contributed by atoms with E-state index in [2.05, 4.69) is 4.99 Å². The summed E-state index contributed by atoms with van der Waals surface area (Å²) in [7, 11) is 1.32. The number of para-hydroxylation sites is 2. The molecule has 0 aromatic heterocycles.